The topological polar surface area (TPSA) is 63.9 Å². The molecule has 0 atom stereocenters. The highest BCUT2D eigenvalue weighted by Gasteiger charge is 2.05. The average molecular weight is 251 g/mol. The largest absolute Gasteiger partial charge is 0.376 e. The molecule has 2 rings (SSSR count). The van der Waals surface area contributed by atoms with Gasteiger partial charge in [-0.15, -0.1) is 10.2 Å². The van der Waals surface area contributed by atoms with E-state index in [2.05, 4.69) is 15.3 Å². The first-order valence-corrected chi connectivity index (χ1v) is 5.91. The van der Waals surface area contributed by atoms with Gasteiger partial charge in [-0.1, -0.05) is 11.3 Å². The summed E-state index contributed by atoms with van der Waals surface area (Å²) >= 11 is 1.47. The summed E-state index contributed by atoms with van der Waals surface area (Å²) in [4.78, 5) is 13.6. The van der Waals surface area contributed by atoms with E-state index in [-0.39, 0.29) is 5.56 Å². The van der Waals surface area contributed by atoms with Gasteiger partial charge in [0.1, 0.15) is 10.0 Å². The van der Waals surface area contributed by atoms with Crippen molar-refractivity contribution < 1.29 is 0 Å². The summed E-state index contributed by atoms with van der Waals surface area (Å²) in [6, 6.07) is 1.56. The zero-order valence-electron chi connectivity index (χ0n) is 9.91. The molecule has 0 saturated heterocycles. The quantitative estimate of drug-likeness (QED) is 0.795. The van der Waals surface area contributed by atoms with Gasteiger partial charge in [-0.05, 0) is 6.92 Å². The molecule has 2 heterocycles. The van der Waals surface area contributed by atoms with Crippen LogP contribution in [0.1, 0.15) is 10.0 Å². The van der Waals surface area contributed by atoms with Crippen molar-refractivity contribution >= 4 is 17.0 Å². The molecule has 2 aromatic heterocycles. The van der Waals surface area contributed by atoms with Crippen molar-refractivity contribution in [3.05, 3.63) is 32.6 Å². The van der Waals surface area contributed by atoms with Gasteiger partial charge in [0, 0.05) is 20.2 Å². The van der Waals surface area contributed by atoms with E-state index in [1.807, 2.05) is 25.9 Å². The molecule has 0 aromatic carbocycles. The van der Waals surface area contributed by atoms with Crippen LogP contribution in [0.2, 0.25) is 0 Å². The molecule has 6 nitrogen and oxygen atoms in total. The zero-order chi connectivity index (χ0) is 12.4. The Labute approximate surface area is 103 Å². The van der Waals surface area contributed by atoms with Crippen molar-refractivity contribution in [2.75, 3.05) is 19.0 Å². The lowest BCUT2D eigenvalue weighted by Gasteiger charge is -2.11. The highest BCUT2D eigenvalue weighted by Crippen LogP contribution is 2.09. The molecule has 0 aliphatic carbocycles. The van der Waals surface area contributed by atoms with E-state index in [1.165, 1.54) is 16.0 Å². The van der Waals surface area contributed by atoms with Crippen molar-refractivity contribution in [1.29, 1.82) is 0 Å². The highest BCUT2D eigenvalue weighted by atomic mass is 32.1. The SMILES string of the molecule is Cc1nnc(Cn2ncc(N(C)C)cc2=O)s1. The molecule has 0 saturated carbocycles. The summed E-state index contributed by atoms with van der Waals surface area (Å²) in [6.07, 6.45) is 1.66. The van der Waals surface area contributed by atoms with Crippen molar-refractivity contribution in [2.24, 2.45) is 0 Å². The van der Waals surface area contributed by atoms with E-state index >= 15 is 0 Å². The number of hydrogen-bond donors (Lipinski definition) is 0. The number of rotatable bonds is 3. The molecule has 90 valence electrons. The summed E-state index contributed by atoms with van der Waals surface area (Å²) < 4.78 is 1.38. The van der Waals surface area contributed by atoms with Gasteiger partial charge < -0.3 is 4.90 Å². The van der Waals surface area contributed by atoms with Crippen LogP contribution in [0.15, 0.2) is 17.1 Å². The number of hydrogen-bond acceptors (Lipinski definition) is 6. The molecule has 0 amide bonds. The van der Waals surface area contributed by atoms with E-state index in [0.29, 0.717) is 6.54 Å². The maximum absolute atomic E-state index is 11.8. The van der Waals surface area contributed by atoms with Crippen LogP contribution >= 0.6 is 11.3 Å². The summed E-state index contributed by atoms with van der Waals surface area (Å²) in [5.41, 5.74) is 0.656. The normalized spacial score (nSPS) is 10.5. The Morgan fingerprint density at radius 2 is 2.18 bits per heavy atom. The molecule has 7 heteroatoms. The minimum Gasteiger partial charge on any atom is -0.376 e. The third-order valence-corrected chi connectivity index (χ3v) is 3.05. The van der Waals surface area contributed by atoms with Gasteiger partial charge in [0.15, 0.2) is 0 Å². The molecule has 0 fully saturated rings. The van der Waals surface area contributed by atoms with Gasteiger partial charge in [0.25, 0.3) is 5.56 Å². The minimum absolute atomic E-state index is 0.135. The molecule has 0 spiro atoms. The smallest absolute Gasteiger partial charge is 0.269 e. The number of anilines is 1. The molecule has 0 unspecified atom stereocenters. The maximum Gasteiger partial charge on any atom is 0.269 e. The molecule has 0 aliphatic heterocycles. The molecular weight excluding hydrogens is 238 g/mol. The Hall–Kier alpha value is -1.76. The first-order chi connectivity index (χ1) is 8.06. The second-order valence-electron chi connectivity index (χ2n) is 3.82. The highest BCUT2D eigenvalue weighted by molar-refractivity contribution is 7.11. The first kappa shape index (κ1) is 11.7. The van der Waals surface area contributed by atoms with Crippen molar-refractivity contribution in [3.8, 4) is 0 Å². The van der Waals surface area contributed by atoms with Crippen LogP contribution in [-0.4, -0.2) is 34.1 Å². The predicted molar refractivity (Wildman–Crippen MR) is 66.6 cm³/mol. The maximum atomic E-state index is 11.8. The van der Waals surface area contributed by atoms with E-state index in [0.717, 1.165) is 15.7 Å². The second kappa shape index (κ2) is 4.62. The Morgan fingerprint density at radius 3 is 2.71 bits per heavy atom. The number of aryl methyl sites for hydroxylation is 1. The van der Waals surface area contributed by atoms with Crippen LogP contribution in [0.25, 0.3) is 0 Å². The fourth-order valence-electron chi connectivity index (χ4n) is 1.32. The third kappa shape index (κ3) is 2.68. The van der Waals surface area contributed by atoms with Crippen LogP contribution < -0.4 is 10.5 Å². The second-order valence-corrected chi connectivity index (χ2v) is 5.09. The van der Waals surface area contributed by atoms with Gasteiger partial charge in [-0.3, -0.25) is 4.79 Å². The van der Waals surface area contributed by atoms with Gasteiger partial charge >= 0.3 is 0 Å². The fraction of sp³-hybridized carbons (Fsp3) is 0.400. The number of nitrogens with zero attached hydrogens (tertiary/aromatic N) is 5. The van der Waals surface area contributed by atoms with Gasteiger partial charge in [0.05, 0.1) is 18.4 Å². The van der Waals surface area contributed by atoms with Gasteiger partial charge in [-0.25, -0.2) is 4.68 Å². The van der Waals surface area contributed by atoms with E-state index in [1.54, 1.807) is 12.3 Å². The van der Waals surface area contributed by atoms with Gasteiger partial charge in [-0.2, -0.15) is 5.10 Å². The van der Waals surface area contributed by atoms with Crippen LogP contribution in [0.4, 0.5) is 5.69 Å². The molecule has 0 aliphatic rings. The van der Waals surface area contributed by atoms with E-state index in [9.17, 15) is 4.79 Å². The van der Waals surface area contributed by atoms with Crippen LogP contribution in [0, 0.1) is 6.92 Å². The van der Waals surface area contributed by atoms with Crippen molar-refractivity contribution in [3.63, 3.8) is 0 Å². The van der Waals surface area contributed by atoms with Crippen LogP contribution in [-0.2, 0) is 6.54 Å². The van der Waals surface area contributed by atoms with Crippen molar-refractivity contribution in [1.82, 2.24) is 20.0 Å². The Morgan fingerprint density at radius 1 is 1.41 bits per heavy atom. The standard InChI is InChI=1S/C10H13N5OS/c1-7-12-13-9(17-7)6-15-10(16)4-8(5-11-15)14(2)3/h4-5H,6H2,1-3H3. The lowest BCUT2D eigenvalue weighted by molar-refractivity contribution is 0.631. The molecular formula is C10H13N5OS. The Kier molecular flexibility index (Phi) is 3.19. The summed E-state index contributed by atoms with van der Waals surface area (Å²) in [5, 5.41) is 13.7. The minimum atomic E-state index is -0.135. The molecule has 0 radical (unpaired) electrons. The monoisotopic (exact) mass is 251 g/mol. The number of aromatic nitrogens is 4. The third-order valence-electron chi connectivity index (χ3n) is 2.22. The van der Waals surface area contributed by atoms with Crippen LogP contribution in [0.5, 0.6) is 0 Å². The van der Waals surface area contributed by atoms with Crippen LogP contribution in [0.3, 0.4) is 0 Å². The lowest BCUT2D eigenvalue weighted by atomic mass is 10.4. The molecule has 0 bridgehead atoms. The average Bonchev–Trinajstić information content (AvgIpc) is 2.67. The fourth-order valence-corrected chi connectivity index (χ4v) is 2.01. The lowest BCUT2D eigenvalue weighted by Crippen LogP contribution is -2.24. The van der Waals surface area contributed by atoms with E-state index in [4.69, 9.17) is 0 Å². The van der Waals surface area contributed by atoms with E-state index < -0.39 is 0 Å². The predicted octanol–water partition coefficient (Wildman–Crippen LogP) is 0.518. The summed E-state index contributed by atoms with van der Waals surface area (Å²) in [5.74, 6) is 0. The Bertz CT molecular complexity index is 574. The Balaban J connectivity index is 2.25. The molecule has 17 heavy (non-hydrogen) atoms. The van der Waals surface area contributed by atoms with Gasteiger partial charge in [0.2, 0.25) is 0 Å². The molecule has 0 N–H and O–H groups in total. The summed E-state index contributed by atoms with van der Waals surface area (Å²) in [6.45, 7) is 2.25. The first-order valence-electron chi connectivity index (χ1n) is 5.10. The molecule has 2 aromatic rings. The van der Waals surface area contributed by atoms with Crippen molar-refractivity contribution in [2.45, 2.75) is 13.5 Å². The zero-order valence-corrected chi connectivity index (χ0v) is 10.7. The summed E-state index contributed by atoms with van der Waals surface area (Å²) in [7, 11) is 3.74.